The molecule has 3 heterocycles. The van der Waals surface area contributed by atoms with Gasteiger partial charge in [0.1, 0.15) is 0 Å². The fourth-order valence-electron chi connectivity index (χ4n) is 3.79. The van der Waals surface area contributed by atoms with E-state index in [1.54, 1.807) is 18.0 Å². The molecule has 1 amide bonds. The van der Waals surface area contributed by atoms with Gasteiger partial charge in [-0.15, -0.1) is 11.3 Å². The minimum Gasteiger partial charge on any atom is -0.366 e. The maximum atomic E-state index is 12.9. The van der Waals surface area contributed by atoms with E-state index in [0.717, 1.165) is 6.26 Å². The van der Waals surface area contributed by atoms with E-state index in [-0.39, 0.29) is 10.8 Å². The summed E-state index contributed by atoms with van der Waals surface area (Å²) < 4.78 is 26.5. The second-order valence-electron chi connectivity index (χ2n) is 7.09. The van der Waals surface area contributed by atoms with Crippen LogP contribution in [0.3, 0.4) is 0 Å². The quantitative estimate of drug-likeness (QED) is 0.634. The van der Waals surface area contributed by atoms with Crippen LogP contribution in [0.2, 0.25) is 0 Å². The highest BCUT2D eigenvalue weighted by atomic mass is 32.2. The van der Waals surface area contributed by atoms with Crippen LogP contribution in [0.1, 0.15) is 9.67 Å². The first kappa shape index (κ1) is 19.7. The maximum Gasteiger partial charge on any atom is 0.271 e. The van der Waals surface area contributed by atoms with Crippen LogP contribution in [-0.4, -0.2) is 56.2 Å². The number of hydrogen-bond donors (Lipinski definition) is 0. The summed E-state index contributed by atoms with van der Waals surface area (Å²) in [5, 5.41) is 2.58. The van der Waals surface area contributed by atoms with Crippen molar-refractivity contribution >= 4 is 43.7 Å². The molecule has 1 aliphatic rings. The number of carbonyl (C=O) groups is 1. The van der Waals surface area contributed by atoms with Crippen molar-refractivity contribution in [3.8, 4) is 0 Å². The third-order valence-electron chi connectivity index (χ3n) is 5.22. The number of sulfone groups is 1. The number of nitrogens with zero attached hydrogens (tertiary/aromatic N) is 3. The summed E-state index contributed by atoms with van der Waals surface area (Å²) in [6.45, 7) is 1.83. The predicted molar refractivity (Wildman–Crippen MR) is 115 cm³/mol. The summed E-state index contributed by atoms with van der Waals surface area (Å²) in [6.07, 6.45) is 1.07. The first-order valence-corrected chi connectivity index (χ1v) is 12.0. The molecule has 29 heavy (non-hydrogen) atoms. The number of aromatic nitrogens is 1. The Bertz CT molecular complexity index is 1240. The fraction of sp³-hybridized carbons (Fsp3) is 0.300. The zero-order valence-electron chi connectivity index (χ0n) is 16.2. The minimum absolute atomic E-state index is 0.0168. The Kier molecular flexibility index (Phi) is 4.95. The van der Waals surface area contributed by atoms with E-state index < -0.39 is 15.4 Å². The summed E-state index contributed by atoms with van der Waals surface area (Å²) in [5.74, 6) is -0.0168. The first-order valence-electron chi connectivity index (χ1n) is 9.18. The Morgan fingerprint density at radius 1 is 1.03 bits per heavy atom. The third kappa shape index (κ3) is 3.44. The largest absolute Gasteiger partial charge is 0.366 e. The molecule has 0 saturated carbocycles. The molecule has 2 aromatic heterocycles. The van der Waals surface area contributed by atoms with E-state index in [0.29, 0.717) is 47.6 Å². The van der Waals surface area contributed by atoms with Gasteiger partial charge in [-0.3, -0.25) is 9.59 Å². The van der Waals surface area contributed by atoms with Crippen molar-refractivity contribution in [1.29, 1.82) is 0 Å². The number of amides is 1. The topological polar surface area (TPSA) is 79.7 Å². The molecule has 0 N–H and O–H groups in total. The second-order valence-corrected chi connectivity index (χ2v) is 9.99. The van der Waals surface area contributed by atoms with Crippen molar-refractivity contribution in [3.05, 3.63) is 57.0 Å². The summed E-state index contributed by atoms with van der Waals surface area (Å²) in [7, 11) is -2.16. The van der Waals surface area contributed by atoms with E-state index >= 15 is 0 Å². The smallest absolute Gasteiger partial charge is 0.271 e. The van der Waals surface area contributed by atoms with Crippen LogP contribution in [0.5, 0.6) is 0 Å². The summed E-state index contributed by atoms with van der Waals surface area (Å²) in [5.41, 5.74) is 0.588. The van der Waals surface area contributed by atoms with Gasteiger partial charge in [0.15, 0.2) is 14.7 Å². The molecule has 7 nitrogen and oxygen atoms in total. The molecule has 1 aromatic carbocycles. The van der Waals surface area contributed by atoms with Crippen molar-refractivity contribution in [1.82, 2.24) is 9.47 Å². The maximum absolute atomic E-state index is 12.9. The minimum atomic E-state index is -3.75. The van der Waals surface area contributed by atoms with Gasteiger partial charge in [0, 0.05) is 44.9 Å². The number of hydrogen-bond acceptors (Lipinski definition) is 6. The standard InChI is InChI=1S/C20H21N3O4S2/c1-21-15-7-4-3-6-14(15)17(18(20(21)25)29(2,26)27)22-9-11-23(12-10-22)19(24)16-8-5-13-28-16/h3-8,13H,9-12H2,1-2H3. The number of rotatable bonds is 3. The molecule has 0 bridgehead atoms. The summed E-state index contributed by atoms with van der Waals surface area (Å²) >= 11 is 1.40. The molecule has 0 atom stereocenters. The van der Waals surface area contributed by atoms with Gasteiger partial charge in [0.05, 0.1) is 16.1 Å². The first-order chi connectivity index (χ1) is 13.8. The fourth-order valence-corrected chi connectivity index (χ4v) is 5.52. The molecule has 0 spiro atoms. The molecule has 3 aromatic rings. The van der Waals surface area contributed by atoms with Gasteiger partial charge in [-0.1, -0.05) is 24.3 Å². The molecule has 0 aliphatic carbocycles. The van der Waals surface area contributed by atoms with Gasteiger partial charge in [0.2, 0.25) is 0 Å². The van der Waals surface area contributed by atoms with Crippen molar-refractivity contribution in [2.75, 3.05) is 37.3 Å². The highest BCUT2D eigenvalue weighted by molar-refractivity contribution is 7.90. The predicted octanol–water partition coefficient (Wildman–Crippen LogP) is 1.97. The lowest BCUT2D eigenvalue weighted by molar-refractivity contribution is 0.0751. The van der Waals surface area contributed by atoms with Crippen molar-refractivity contribution in [2.24, 2.45) is 7.05 Å². The van der Waals surface area contributed by atoms with E-state index in [4.69, 9.17) is 0 Å². The van der Waals surface area contributed by atoms with E-state index in [9.17, 15) is 18.0 Å². The van der Waals surface area contributed by atoms with Gasteiger partial charge in [-0.25, -0.2) is 8.42 Å². The second kappa shape index (κ2) is 7.31. The molecular formula is C20H21N3O4S2. The van der Waals surface area contributed by atoms with Crippen LogP contribution >= 0.6 is 11.3 Å². The monoisotopic (exact) mass is 431 g/mol. The number of carbonyl (C=O) groups excluding carboxylic acids is 1. The lowest BCUT2D eigenvalue weighted by Gasteiger charge is -2.37. The number of fused-ring (bicyclic) bond motifs is 1. The SMILES string of the molecule is Cn1c(=O)c(S(C)(=O)=O)c(N2CCN(C(=O)c3cccs3)CC2)c2ccccc21. The molecular weight excluding hydrogens is 410 g/mol. The molecule has 0 unspecified atom stereocenters. The summed E-state index contributed by atoms with van der Waals surface area (Å²) in [4.78, 5) is 29.7. The normalized spacial score (nSPS) is 15.1. The van der Waals surface area contributed by atoms with Crippen LogP contribution in [0.4, 0.5) is 5.69 Å². The van der Waals surface area contributed by atoms with E-state index in [2.05, 4.69) is 0 Å². The summed E-state index contributed by atoms with van der Waals surface area (Å²) in [6, 6.07) is 10.9. The molecule has 4 rings (SSSR count). The third-order valence-corrected chi connectivity index (χ3v) is 7.19. The van der Waals surface area contributed by atoms with Crippen LogP contribution < -0.4 is 10.5 Å². The Labute approximate surface area is 172 Å². The van der Waals surface area contributed by atoms with Gasteiger partial charge in [-0.2, -0.15) is 0 Å². The lowest BCUT2D eigenvalue weighted by atomic mass is 10.1. The number of aryl methyl sites for hydroxylation is 1. The van der Waals surface area contributed by atoms with Crippen LogP contribution in [0.25, 0.3) is 10.9 Å². The molecule has 1 aliphatic heterocycles. The molecule has 1 saturated heterocycles. The number of anilines is 1. The molecule has 0 radical (unpaired) electrons. The van der Waals surface area contributed by atoms with Gasteiger partial charge in [-0.05, 0) is 17.5 Å². The number of para-hydroxylation sites is 1. The van der Waals surface area contributed by atoms with E-state index in [1.807, 2.05) is 40.6 Å². The lowest BCUT2D eigenvalue weighted by Crippen LogP contribution is -2.49. The van der Waals surface area contributed by atoms with Crippen LogP contribution in [0.15, 0.2) is 51.5 Å². The van der Waals surface area contributed by atoms with Gasteiger partial charge < -0.3 is 14.4 Å². The zero-order valence-corrected chi connectivity index (χ0v) is 17.8. The average Bonchev–Trinajstić information content (AvgIpc) is 3.24. The van der Waals surface area contributed by atoms with Crippen molar-refractivity contribution < 1.29 is 13.2 Å². The Hall–Kier alpha value is -2.65. The number of benzene rings is 1. The molecule has 152 valence electrons. The highest BCUT2D eigenvalue weighted by Crippen LogP contribution is 2.32. The van der Waals surface area contributed by atoms with E-state index in [1.165, 1.54) is 15.9 Å². The Morgan fingerprint density at radius 2 is 1.72 bits per heavy atom. The molecule has 1 fully saturated rings. The number of thiophene rings is 1. The van der Waals surface area contributed by atoms with Crippen LogP contribution in [0, 0.1) is 0 Å². The van der Waals surface area contributed by atoms with Gasteiger partial charge in [0.25, 0.3) is 11.5 Å². The zero-order chi connectivity index (χ0) is 20.8. The highest BCUT2D eigenvalue weighted by Gasteiger charge is 2.30. The van der Waals surface area contributed by atoms with Crippen LogP contribution in [-0.2, 0) is 16.9 Å². The van der Waals surface area contributed by atoms with Crippen molar-refractivity contribution in [2.45, 2.75) is 4.90 Å². The van der Waals surface area contributed by atoms with Crippen molar-refractivity contribution in [3.63, 3.8) is 0 Å². The Morgan fingerprint density at radius 3 is 2.34 bits per heavy atom. The number of pyridine rings is 1. The average molecular weight is 432 g/mol. The molecule has 9 heteroatoms. The number of piperazine rings is 1. The Balaban J connectivity index is 1.76. The van der Waals surface area contributed by atoms with Gasteiger partial charge >= 0.3 is 0 Å².